The van der Waals surface area contributed by atoms with Gasteiger partial charge >= 0.3 is 5.69 Å². The predicted octanol–water partition coefficient (Wildman–Crippen LogP) is 2.84. The van der Waals surface area contributed by atoms with E-state index in [1.807, 2.05) is 6.92 Å². The van der Waals surface area contributed by atoms with Crippen LogP contribution in [0.2, 0.25) is 0 Å². The quantitative estimate of drug-likeness (QED) is 0.356. The minimum Gasteiger partial charge on any atom is -0.493 e. The summed E-state index contributed by atoms with van der Waals surface area (Å²) in [7, 11) is 0. The number of aromatic nitrogens is 3. The summed E-state index contributed by atoms with van der Waals surface area (Å²) >= 11 is 5.07. The molecule has 0 unspecified atom stereocenters. The molecule has 0 saturated heterocycles. The first-order valence-electron chi connectivity index (χ1n) is 7.24. The largest absolute Gasteiger partial charge is 0.493 e. The van der Waals surface area contributed by atoms with Crippen LogP contribution in [-0.2, 0) is 0 Å². The molecule has 0 aliphatic heterocycles. The molecule has 0 atom stereocenters. The second-order valence-electron chi connectivity index (χ2n) is 4.61. The van der Waals surface area contributed by atoms with Gasteiger partial charge in [0, 0.05) is 17.7 Å². The summed E-state index contributed by atoms with van der Waals surface area (Å²) in [6, 6.07) is 2.85. The topological polar surface area (TPSA) is 108 Å². The van der Waals surface area contributed by atoms with Gasteiger partial charge in [-0.2, -0.15) is 14.9 Å². The fourth-order valence-corrected chi connectivity index (χ4v) is 2.21. The summed E-state index contributed by atoms with van der Waals surface area (Å²) in [6.45, 7) is 6.01. The Balaban J connectivity index is 2.52. The number of nitro groups is 1. The third kappa shape index (κ3) is 3.77. The van der Waals surface area contributed by atoms with Gasteiger partial charge in [-0.05, 0) is 33.0 Å². The van der Waals surface area contributed by atoms with E-state index in [1.54, 1.807) is 13.8 Å². The van der Waals surface area contributed by atoms with Crippen molar-refractivity contribution >= 4 is 24.1 Å². The second-order valence-corrected chi connectivity index (χ2v) is 5.00. The van der Waals surface area contributed by atoms with Gasteiger partial charge in [-0.15, -0.1) is 0 Å². The summed E-state index contributed by atoms with van der Waals surface area (Å²) in [5.41, 5.74) is 0.281. The van der Waals surface area contributed by atoms with E-state index in [-0.39, 0.29) is 11.4 Å². The van der Waals surface area contributed by atoms with Crippen molar-refractivity contribution in [3.8, 4) is 11.5 Å². The molecule has 1 aromatic heterocycles. The van der Waals surface area contributed by atoms with E-state index in [0.717, 1.165) is 0 Å². The van der Waals surface area contributed by atoms with E-state index in [2.05, 4.69) is 15.3 Å². The Hall–Kier alpha value is -2.75. The van der Waals surface area contributed by atoms with E-state index in [4.69, 9.17) is 21.7 Å². The molecule has 1 N–H and O–H groups in total. The summed E-state index contributed by atoms with van der Waals surface area (Å²) in [5.74, 6) is 1.15. The van der Waals surface area contributed by atoms with E-state index >= 15 is 0 Å². The lowest BCUT2D eigenvalue weighted by Gasteiger charge is -2.10. The van der Waals surface area contributed by atoms with Gasteiger partial charge in [0.2, 0.25) is 10.5 Å². The van der Waals surface area contributed by atoms with E-state index < -0.39 is 4.92 Å². The van der Waals surface area contributed by atoms with Gasteiger partial charge in [-0.3, -0.25) is 15.2 Å². The van der Waals surface area contributed by atoms with Gasteiger partial charge in [0.1, 0.15) is 11.6 Å². The van der Waals surface area contributed by atoms with Crippen molar-refractivity contribution in [1.29, 1.82) is 0 Å². The number of rotatable bonds is 7. The molecule has 0 aliphatic carbocycles. The maximum absolute atomic E-state index is 11.3. The normalized spacial score (nSPS) is 11.0. The smallest absolute Gasteiger partial charge is 0.311 e. The maximum atomic E-state index is 11.3. The monoisotopic (exact) mass is 351 g/mol. The van der Waals surface area contributed by atoms with Crippen molar-refractivity contribution in [2.24, 2.45) is 5.10 Å². The number of aromatic amines is 1. The van der Waals surface area contributed by atoms with Gasteiger partial charge in [-0.25, -0.2) is 0 Å². The Morgan fingerprint density at radius 1 is 1.38 bits per heavy atom. The molecule has 24 heavy (non-hydrogen) atoms. The van der Waals surface area contributed by atoms with E-state index in [1.165, 1.54) is 23.0 Å². The van der Waals surface area contributed by atoms with Gasteiger partial charge in [0.15, 0.2) is 0 Å². The highest BCUT2D eigenvalue weighted by Gasteiger charge is 2.19. The lowest BCUT2D eigenvalue weighted by molar-refractivity contribution is -0.385. The zero-order valence-corrected chi connectivity index (χ0v) is 14.3. The van der Waals surface area contributed by atoms with E-state index in [0.29, 0.717) is 35.1 Å². The van der Waals surface area contributed by atoms with Crippen LogP contribution in [0.3, 0.4) is 0 Å². The van der Waals surface area contributed by atoms with Crippen LogP contribution in [0.1, 0.15) is 25.2 Å². The molecule has 2 aromatic rings. The number of hydrogen-bond acceptors (Lipinski definition) is 7. The van der Waals surface area contributed by atoms with Crippen molar-refractivity contribution in [2.45, 2.75) is 20.8 Å². The summed E-state index contributed by atoms with van der Waals surface area (Å²) in [6.07, 6.45) is 1.44. The third-order valence-electron chi connectivity index (χ3n) is 3.01. The highest BCUT2D eigenvalue weighted by Crippen LogP contribution is 2.34. The third-order valence-corrected chi connectivity index (χ3v) is 3.28. The van der Waals surface area contributed by atoms with E-state index in [9.17, 15) is 10.1 Å². The molecule has 0 radical (unpaired) electrons. The lowest BCUT2D eigenvalue weighted by atomic mass is 10.1. The van der Waals surface area contributed by atoms with Gasteiger partial charge in [0.25, 0.3) is 0 Å². The number of nitrogens with one attached hydrogen (secondary N) is 1. The lowest BCUT2D eigenvalue weighted by Crippen LogP contribution is -2.03. The molecule has 0 fully saturated rings. The molecule has 0 amide bonds. The average molecular weight is 351 g/mol. The predicted molar refractivity (Wildman–Crippen MR) is 90.6 cm³/mol. The van der Waals surface area contributed by atoms with Crippen molar-refractivity contribution in [3.05, 3.63) is 38.4 Å². The molecule has 0 bridgehead atoms. The first-order chi connectivity index (χ1) is 11.5. The van der Waals surface area contributed by atoms with Gasteiger partial charge in [0.05, 0.1) is 24.4 Å². The number of aryl methyl sites for hydroxylation is 1. The summed E-state index contributed by atoms with van der Waals surface area (Å²) < 4.78 is 12.6. The van der Waals surface area contributed by atoms with Gasteiger partial charge in [-0.1, -0.05) is 0 Å². The highest BCUT2D eigenvalue weighted by molar-refractivity contribution is 7.71. The Kier molecular flexibility index (Phi) is 5.64. The van der Waals surface area contributed by atoms with Crippen molar-refractivity contribution in [1.82, 2.24) is 14.9 Å². The molecular weight excluding hydrogens is 334 g/mol. The summed E-state index contributed by atoms with van der Waals surface area (Å²) in [4.78, 5) is 10.8. The number of ether oxygens (including phenoxy) is 2. The molecule has 1 heterocycles. The fourth-order valence-electron chi connectivity index (χ4n) is 1.99. The number of hydrogen-bond donors (Lipinski definition) is 1. The zero-order valence-electron chi connectivity index (χ0n) is 13.5. The Morgan fingerprint density at radius 2 is 2.04 bits per heavy atom. The zero-order chi connectivity index (χ0) is 17.7. The number of H-pyrrole nitrogens is 1. The first kappa shape index (κ1) is 17.6. The number of benzene rings is 1. The van der Waals surface area contributed by atoms with Gasteiger partial charge < -0.3 is 9.47 Å². The minimum atomic E-state index is -0.507. The molecule has 2 rings (SSSR count). The molecule has 10 heteroatoms. The van der Waals surface area contributed by atoms with Crippen LogP contribution >= 0.6 is 12.2 Å². The van der Waals surface area contributed by atoms with Crippen LogP contribution in [0.25, 0.3) is 0 Å². The van der Waals surface area contributed by atoms with Crippen molar-refractivity contribution in [2.75, 3.05) is 13.2 Å². The highest BCUT2D eigenvalue weighted by atomic mass is 32.1. The summed E-state index contributed by atoms with van der Waals surface area (Å²) in [5, 5.41) is 22.0. The first-order valence-corrected chi connectivity index (χ1v) is 7.65. The van der Waals surface area contributed by atoms with Crippen LogP contribution in [-0.4, -0.2) is 39.2 Å². The minimum absolute atomic E-state index is 0.152. The number of nitro benzene ring substituents is 1. The molecule has 128 valence electrons. The number of nitrogens with zero attached hydrogens (tertiary/aromatic N) is 4. The molecule has 1 aromatic carbocycles. The SMILES string of the molecule is CCOc1cc(OCC)c([N+](=O)[O-])cc1/C=N\n1c(C)n[nH]c1=S. The Morgan fingerprint density at radius 3 is 2.58 bits per heavy atom. The van der Waals surface area contributed by atoms with Crippen LogP contribution in [0.15, 0.2) is 17.2 Å². The maximum Gasteiger partial charge on any atom is 0.311 e. The van der Waals surface area contributed by atoms with Crippen LogP contribution < -0.4 is 9.47 Å². The van der Waals surface area contributed by atoms with Crippen molar-refractivity contribution < 1.29 is 14.4 Å². The molecule has 0 spiro atoms. The average Bonchev–Trinajstić information content (AvgIpc) is 2.85. The molecule has 9 nitrogen and oxygen atoms in total. The Bertz CT molecular complexity index is 827. The second kappa shape index (κ2) is 7.68. The fraction of sp³-hybridized carbons (Fsp3) is 0.357. The molecule has 0 aliphatic rings. The van der Waals surface area contributed by atoms with Crippen LogP contribution in [0.5, 0.6) is 11.5 Å². The standard InChI is InChI=1S/C14H17N5O4S/c1-4-22-12-7-13(23-5-2)11(19(20)21)6-10(12)8-15-18-9(3)16-17-14(18)24/h6-8H,4-5H2,1-3H3,(H,17,24)/b15-8-. The molecule has 0 saturated carbocycles. The van der Waals surface area contributed by atoms with Crippen molar-refractivity contribution in [3.63, 3.8) is 0 Å². The van der Waals surface area contributed by atoms with Crippen LogP contribution in [0, 0.1) is 21.8 Å². The Labute approximate surface area is 143 Å². The molecular formula is C14H17N5O4S. The van der Waals surface area contributed by atoms with Crippen LogP contribution in [0.4, 0.5) is 5.69 Å².